The Bertz CT molecular complexity index is 977. The van der Waals surface area contributed by atoms with Gasteiger partial charge in [0.05, 0.1) is 11.0 Å². The standard InChI is InChI=1S/C16H12N6OS/c23-15(20-16-21-18-10-24-16)19-11-5-7-12(8-6-11)22-9-17-13-3-1-2-4-14(13)22/h1-10H,(H2,19,20,21,23). The van der Waals surface area contributed by atoms with Gasteiger partial charge in [-0.05, 0) is 36.4 Å². The molecular formula is C16H12N6OS. The Labute approximate surface area is 141 Å². The molecule has 0 bridgehead atoms. The second kappa shape index (κ2) is 6.09. The molecular weight excluding hydrogens is 324 g/mol. The van der Waals surface area contributed by atoms with Crippen LogP contribution in [0.3, 0.4) is 0 Å². The number of nitrogens with zero attached hydrogens (tertiary/aromatic N) is 4. The van der Waals surface area contributed by atoms with Crippen LogP contribution in [0.15, 0.2) is 60.4 Å². The molecule has 24 heavy (non-hydrogen) atoms. The highest BCUT2D eigenvalue weighted by atomic mass is 32.1. The second-order valence-electron chi connectivity index (χ2n) is 4.97. The Hall–Kier alpha value is -3.26. The zero-order valence-corrected chi connectivity index (χ0v) is 13.2. The van der Waals surface area contributed by atoms with E-state index in [1.165, 1.54) is 11.3 Å². The Morgan fingerprint density at radius 3 is 2.67 bits per heavy atom. The van der Waals surface area contributed by atoms with Gasteiger partial charge in [-0.25, -0.2) is 9.78 Å². The molecule has 0 saturated carbocycles. The van der Waals surface area contributed by atoms with Gasteiger partial charge in [0.15, 0.2) is 0 Å². The summed E-state index contributed by atoms with van der Waals surface area (Å²) in [6, 6.07) is 15.1. The van der Waals surface area contributed by atoms with Crippen LogP contribution in [0.25, 0.3) is 16.7 Å². The van der Waals surface area contributed by atoms with Gasteiger partial charge < -0.3 is 5.32 Å². The van der Waals surface area contributed by atoms with Crippen molar-refractivity contribution in [2.75, 3.05) is 10.6 Å². The summed E-state index contributed by atoms with van der Waals surface area (Å²) in [4.78, 5) is 16.2. The maximum absolute atomic E-state index is 11.9. The normalized spacial score (nSPS) is 10.7. The lowest BCUT2D eigenvalue weighted by atomic mass is 10.2. The van der Waals surface area contributed by atoms with Crippen molar-refractivity contribution in [1.29, 1.82) is 0 Å². The number of fused-ring (bicyclic) bond motifs is 1. The molecule has 118 valence electrons. The average Bonchev–Trinajstić information content (AvgIpc) is 3.25. The van der Waals surface area contributed by atoms with Crippen LogP contribution in [0.4, 0.5) is 15.6 Å². The number of rotatable bonds is 3. The van der Waals surface area contributed by atoms with Gasteiger partial charge in [0.25, 0.3) is 0 Å². The van der Waals surface area contributed by atoms with Crippen LogP contribution in [0.5, 0.6) is 0 Å². The molecule has 0 spiro atoms. The highest BCUT2D eigenvalue weighted by Crippen LogP contribution is 2.19. The van der Waals surface area contributed by atoms with E-state index in [0.717, 1.165) is 16.7 Å². The molecule has 2 amide bonds. The highest BCUT2D eigenvalue weighted by molar-refractivity contribution is 7.13. The minimum absolute atomic E-state index is 0.354. The number of aromatic nitrogens is 4. The molecule has 2 N–H and O–H groups in total. The number of carbonyl (C=O) groups is 1. The third-order valence-electron chi connectivity index (χ3n) is 3.44. The maximum atomic E-state index is 11.9. The number of hydrogen-bond acceptors (Lipinski definition) is 5. The molecule has 2 heterocycles. The summed E-state index contributed by atoms with van der Waals surface area (Å²) < 4.78 is 2.00. The van der Waals surface area contributed by atoms with Crippen LogP contribution in [0.2, 0.25) is 0 Å². The Kier molecular flexibility index (Phi) is 3.64. The van der Waals surface area contributed by atoms with E-state index in [0.29, 0.717) is 10.8 Å². The van der Waals surface area contributed by atoms with Crippen molar-refractivity contribution in [3.8, 4) is 5.69 Å². The highest BCUT2D eigenvalue weighted by Gasteiger charge is 2.06. The van der Waals surface area contributed by atoms with Crippen molar-refractivity contribution < 1.29 is 4.79 Å². The number of carbonyl (C=O) groups excluding carboxylic acids is 1. The summed E-state index contributed by atoms with van der Waals surface area (Å²) in [5.74, 6) is 0. The predicted octanol–water partition coefficient (Wildman–Crippen LogP) is 3.52. The van der Waals surface area contributed by atoms with Gasteiger partial charge in [0.2, 0.25) is 5.13 Å². The number of anilines is 2. The fraction of sp³-hybridized carbons (Fsp3) is 0. The van der Waals surface area contributed by atoms with Crippen LogP contribution in [-0.4, -0.2) is 25.8 Å². The molecule has 8 heteroatoms. The molecule has 2 aromatic heterocycles. The maximum Gasteiger partial charge on any atom is 0.325 e. The fourth-order valence-corrected chi connectivity index (χ4v) is 2.80. The van der Waals surface area contributed by atoms with Crippen molar-refractivity contribution in [2.24, 2.45) is 0 Å². The summed E-state index contributed by atoms with van der Waals surface area (Å²) in [6.45, 7) is 0. The van der Waals surface area contributed by atoms with E-state index >= 15 is 0 Å². The van der Waals surface area contributed by atoms with Gasteiger partial charge in [-0.15, -0.1) is 10.2 Å². The van der Waals surface area contributed by atoms with Gasteiger partial charge >= 0.3 is 6.03 Å². The number of imidazole rings is 1. The molecule has 2 aromatic carbocycles. The lowest BCUT2D eigenvalue weighted by molar-refractivity contribution is 0.262. The molecule has 7 nitrogen and oxygen atoms in total. The van der Waals surface area contributed by atoms with Crippen LogP contribution in [0, 0.1) is 0 Å². The summed E-state index contributed by atoms with van der Waals surface area (Å²) in [5, 5.41) is 13.2. The zero-order valence-electron chi connectivity index (χ0n) is 12.4. The molecule has 0 fully saturated rings. The minimum atomic E-state index is -0.354. The van der Waals surface area contributed by atoms with E-state index in [1.807, 2.05) is 53.1 Å². The number of urea groups is 1. The Balaban J connectivity index is 1.51. The summed E-state index contributed by atoms with van der Waals surface area (Å²) in [7, 11) is 0. The van der Waals surface area contributed by atoms with Crippen molar-refractivity contribution in [1.82, 2.24) is 19.7 Å². The van der Waals surface area contributed by atoms with Crippen molar-refractivity contribution in [3.63, 3.8) is 0 Å². The molecule has 0 radical (unpaired) electrons. The van der Waals surface area contributed by atoms with E-state index < -0.39 is 0 Å². The largest absolute Gasteiger partial charge is 0.325 e. The van der Waals surface area contributed by atoms with E-state index in [2.05, 4.69) is 25.8 Å². The van der Waals surface area contributed by atoms with E-state index in [-0.39, 0.29) is 6.03 Å². The van der Waals surface area contributed by atoms with Crippen LogP contribution in [-0.2, 0) is 0 Å². The first-order valence-corrected chi connectivity index (χ1v) is 8.04. The summed E-state index contributed by atoms with van der Waals surface area (Å²) in [6.07, 6.45) is 1.79. The quantitative estimate of drug-likeness (QED) is 0.599. The van der Waals surface area contributed by atoms with E-state index in [9.17, 15) is 4.79 Å². The van der Waals surface area contributed by atoms with Gasteiger partial charge in [-0.2, -0.15) is 0 Å². The monoisotopic (exact) mass is 336 g/mol. The second-order valence-corrected chi connectivity index (χ2v) is 5.81. The van der Waals surface area contributed by atoms with Gasteiger partial charge in [-0.1, -0.05) is 23.5 Å². The molecule has 4 rings (SSSR count). The van der Waals surface area contributed by atoms with Crippen molar-refractivity contribution >= 4 is 39.2 Å². The number of benzene rings is 2. The number of amides is 2. The molecule has 0 aliphatic heterocycles. The summed E-state index contributed by atoms with van der Waals surface area (Å²) >= 11 is 1.26. The fourth-order valence-electron chi connectivity index (χ4n) is 2.36. The van der Waals surface area contributed by atoms with Gasteiger partial charge in [0, 0.05) is 11.4 Å². The molecule has 0 atom stereocenters. The molecule has 0 saturated heterocycles. The molecule has 0 aliphatic carbocycles. The van der Waals surface area contributed by atoms with Crippen LogP contribution < -0.4 is 10.6 Å². The topological polar surface area (TPSA) is 84.7 Å². The Morgan fingerprint density at radius 2 is 1.88 bits per heavy atom. The average molecular weight is 336 g/mol. The van der Waals surface area contributed by atoms with Crippen molar-refractivity contribution in [2.45, 2.75) is 0 Å². The van der Waals surface area contributed by atoms with Crippen LogP contribution >= 0.6 is 11.3 Å². The lowest BCUT2D eigenvalue weighted by Gasteiger charge is -2.08. The lowest BCUT2D eigenvalue weighted by Crippen LogP contribution is -2.19. The molecule has 0 aliphatic rings. The SMILES string of the molecule is O=C(Nc1ccc(-n2cnc3ccccc32)cc1)Nc1nncs1. The molecule has 4 aromatic rings. The van der Waals surface area contributed by atoms with Gasteiger partial charge in [0.1, 0.15) is 11.8 Å². The van der Waals surface area contributed by atoms with Crippen LogP contribution in [0.1, 0.15) is 0 Å². The van der Waals surface area contributed by atoms with E-state index in [4.69, 9.17) is 0 Å². The third kappa shape index (κ3) is 2.82. The summed E-state index contributed by atoms with van der Waals surface area (Å²) in [5.41, 5.74) is 5.19. The van der Waals surface area contributed by atoms with Crippen molar-refractivity contribution in [3.05, 3.63) is 60.4 Å². The predicted molar refractivity (Wildman–Crippen MR) is 93.6 cm³/mol. The number of hydrogen-bond donors (Lipinski definition) is 2. The van der Waals surface area contributed by atoms with E-state index in [1.54, 1.807) is 11.8 Å². The first-order chi connectivity index (χ1) is 11.8. The Morgan fingerprint density at radius 1 is 1.04 bits per heavy atom. The molecule has 0 unspecified atom stereocenters. The zero-order chi connectivity index (χ0) is 16.4. The third-order valence-corrected chi connectivity index (χ3v) is 4.04. The van der Waals surface area contributed by atoms with Gasteiger partial charge in [-0.3, -0.25) is 9.88 Å². The number of para-hydroxylation sites is 2. The smallest absolute Gasteiger partial charge is 0.308 e. The first kappa shape index (κ1) is 14.3. The minimum Gasteiger partial charge on any atom is -0.308 e. The number of nitrogens with one attached hydrogen (secondary N) is 2. The first-order valence-electron chi connectivity index (χ1n) is 7.16.